The molecule has 80 heavy (non-hydrogen) atoms. The van der Waals surface area contributed by atoms with Gasteiger partial charge in [0.05, 0.1) is 12.5 Å². The first kappa shape index (κ1) is 67.7. The van der Waals surface area contributed by atoms with Crippen molar-refractivity contribution in [2.75, 3.05) is 0 Å². The van der Waals surface area contributed by atoms with Gasteiger partial charge in [0, 0.05) is 19.3 Å². The van der Waals surface area contributed by atoms with Crippen molar-refractivity contribution < 1.29 is 83.1 Å². The Balaban J connectivity index is 2.46. The van der Waals surface area contributed by atoms with Crippen LogP contribution < -0.4 is 54.0 Å². The van der Waals surface area contributed by atoms with Gasteiger partial charge in [0.15, 0.2) is 0 Å². The summed E-state index contributed by atoms with van der Waals surface area (Å²) in [7, 11) is 0. The molecule has 0 aliphatic heterocycles. The Morgan fingerprint density at radius 1 is 0.463 bits per heavy atom. The molecule has 0 heterocycles. The van der Waals surface area contributed by atoms with Gasteiger partial charge in [0.1, 0.15) is 59.8 Å². The van der Waals surface area contributed by atoms with Gasteiger partial charge < -0.3 is 79.5 Å². The monoisotopic (exact) mass is 1130 g/mol. The molecule has 2 aromatic carbocycles. The SMILES string of the molecule is CC[C@H](C)[C@H](NC(=O)[C@H](C)NC(=O)[C@@H](N)Cc1ccc(O)cc1)C(=O)N[C@@H](CCC(=O)O)C(=O)N[C@@H](CC(N)=O)C(=O)N[C@@H](Cc1ccc(O)cc1)C(=O)N[C@@H](CC(C)C)C(=O)N[C@@H](CCC(=O)O)C(=O)N[C@@H](CC(C)C)C(=O)O. The van der Waals surface area contributed by atoms with E-state index < -0.39 is 163 Å². The molecule has 0 radical (unpaired) electrons. The number of nitrogens with two attached hydrogens (primary N) is 2. The van der Waals surface area contributed by atoms with Crippen molar-refractivity contribution in [3.05, 3.63) is 59.7 Å². The lowest BCUT2D eigenvalue weighted by Crippen LogP contribution is -2.61. The van der Waals surface area contributed by atoms with Crippen molar-refractivity contribution >= 4 is 71.1 Å². The molecule has 0 bridgehead atoms. The number of rotatable bonds is 35. The van der Waals surface area contributed by atoms with Crippen LogP contribution in [0.4, 0.5) is 0 Å². The number of nitrogens with one attached hydrogen (secondary N) is 8. The number of amides is 9. The van der Waals surface area contributed by atoms with E-state index >= 15 is 0 Å². The largest absolute Gasteiger partial charge is 0.508 e. The lowest BCUT2D eigenvalue weighted by Gasteiger charge is -2.29. The molecule has 0 aliphatic rings. The summed E-state index contributed by atoms with van der Waals surface area (Å²) in [5, 5.41) is 67.7. The van der Waals surface area contributed by atoms with E-state index in [2.05, 4.69) is 42.5 Å². The number of benzene rings is 2. The number of primary amides is 1. The van der Waals surface area contributed by atoms with E-state index in [4.69, 9.17) is 11.5 Å². The van der Waals surface area contributed by atoms with Crippen LogP contribution in [-0.2, 0) is 70.4 Å². The number of aliphatic carboxylic acids is 3. The maximum atomic E-state index is 14.3. The highest BCUT2D eigenvalue weighted by atomic mass is 16.4. The minimum atomic E-state index is -1.91. The van der Waals surface area contributed by atoms with E-state index in [-0.39, 0.29) is 55.4 Å². The van der Waals surface area contributed by atoms with Gasteiger partial charge in [-0.2, -0.15) is 0 Å². The van der Waals surface area contributed by atoms with Gasteiger partial charge in [0.2, 0.25) is 53.2 Å². The summed E-state index contributed by atoms with van der Waals surface area (Å²) in [5.74, 6) is -14.6. The summed E-state index contributed by atoms with van der Waals surface area (Å²) in [6.45, 7) is 11.4. The second-order valence-electron chi connectivity index (χ2n) is 20.4. The average molecular weight is 1130 g/mol. The first-order chi connectivity index (χ1) is 37.4. The van der Waals surface area contributed by atoms with Gasteiger partial charge in [-0.15, -0.1) is 0 Å². The Hall–Kier alpha value is -8.36. The number of hydrogen-bond donors (Lipinski definition) is 15. The van der Waals surface area contributed by atoms with Crippen molar-refractivity contribution in [3.8, 4) is 11.5 Å². The lowest BCUT2D eigenvalue weighted by molar-refractivity contribution is -0.143. The standard InChI is InChI=1S/C53H78N10O17/c1-8-28(6)44(63-45(71)29(7)56-46(72)34(54)23-30-9-13-32(64)14-10-30)52(78)58-36(18-20-43(69)70)47(73)61-39(25-41(55)66)51(77)60-38(24-31-11-15-33(65)16-12-31)50(76)59-37(21-26(2)3)49(75)57-35(17-19-42(67)68)48(74)62-40(53(79)80)22-27(4)5/h9-16,26-29,34-40,44,64-65H,8,17-25,54H2,1-7H3,(H2,55,66)(H,56,72)(H,57,75)(H,58,78)(H,59,76)(H,60,77)(H,61,73)(H,62,74)(H,63,71)(H,67,68)(H,69,70)(H,79,80)/t28-,29-,34-,35-,36-,37-,38-,39-,40-,44-/m0/s1. The molecular weight excluding hydrogens is 1050 g/mol. The summed E-state index contributed by atoms with van der Waals surface area (Å²) in [6, 6.07) is -2.26. The van der Waals surface area contributed by atoms with E-state index in [1.54, 1.807) is 53.7 Å². The normalized spacial score (nSPS) is 14.9. The molecule has 2 aromatic rings. The van der Waals surface area contributed by atoms with Gasteiger partial charge in [0.25, 0.3) is 0 Å². The topological polar surface area (TPSA) is 454 Å². The van der Waals surface area contributed by atoms with Gasteiger partial charge in [-0.25, -0.2) is 4.79 Å². The Morgan fingerprint density at radius 3 is 1.30 bits per heavy atom. The fourth-order valence-corrected chi connectivity index (χ4v) is 7.92. The van der Waals surface area contributed by atoms with Crippen LogP contribution in [0.1, 0.15) is 111 Å². The zero-order valence-electron chi connectivity index (χ0n) is 45.9. The second kappa shape index (κ2) is 33.2. The number of carbonyl (C=O) groups excluding carboxylic acids is 9. The van der Waals surface area contributed by atoms with Crippen LogP contribution in [0.3, 0.4) is 0 Å². The maximum Gasteiger partial charge on any atom is 0.326 e. The van der Waals surface area contributed by atoms with E-state index in [1.165, 1.54) is 43.3 Å². The molecule has 10 atom stereocenters. The number of hydrogen-bond acceptors (Lipinski definition) is 15. The van der Waals surface area contributed by atoms with Crippen molar-refractivity contribution in [3.63, 3.8) is 0 Å². The van der Waals surface area contributed by atoms with E-state index in [1.807, 2.05) is 0 Å². The van der Waals surface area contributed by atoms with Crippen molar-refractivity contribution in [1.82, 2.24) is 42.5 Å². The number of carboxylic acid groups (broad SMARTS) is 3. The van der Waals surface area contributed by atoms with Gasteiger partial charge >= 0.3 is 17.9 Å². The minimum absolute atomic E-state index is 0.000735. The molecule has 0 spiro atoms. The Bertz CT molecular complexity index is 2490. The van der Waals surface area contributed by atoms with E-state index in [0.717, 1.165) is 0 Å². The summed E-state index contributed by atoms with van der Waals surface area (Å²) in [6.07, 6.45) is -3.47. The number of carboxylic acids is 3. The third-order valence-corrected chi connectivity index (χ3v) is 12.5. The van der Waals surface area contributed by atoms with Crippen LogP contribution >= 0.6 is 0 Å². The highest BCUT2D eigenvalue weighted by Gasteiger charge is 2.37. The molecule has 27 nitrogen and oxygen atoms in total. The summed E-state index contributed by atoms with van der Waals surface area (Å²) >= 11 is 0. The number of aromatic hydroxyl groups is 2. The number of phenols is 2. The quantitative estimate of drug-likeness (QED) is 0.0391. The van der Waals surface area contributed by atoms with Gasteiger partial charge in [-0.3, -0.25) is 52.7 Å². The molecule has 9 amide bonds. The smallest absolute Gasteiger partial charge is 0.326 e. The lowest BCUT2D eigenvalue weighted by atomic mass is 9.97. The zero-order chi connectivity index (χ0) is 60.6. The summed E-state index contributed by atoms with van der Waals surface area (Å²) < 4.78 is 0. The Kier molecular flexibility index (Phi) is 28.1. The third-order valence-electron chi connectivity index (χ3n) is 12.5. The van der Waals surface area contributed by atoms with Crippen LogP contribution in [0.5, 0.6) is 11.5 Å². The minimum Gasteiger partial charge on any atom is -0.508 e. The first-order valence-electron chi connectivity index (χ1n) is 26.1. The van der Waals surface area contributed by atoms with Crippen LogP contribution in [0.2, 0.25) is 0 Å². The van der Waals surface area contributed by atoms with Gasteiger partial charge in [-0.1, -0.05) is 72.2 Å². The fourth-order valence-electron chi connectivity index (χ4n) is 7.92. The van der Waals surface area contributed by atoms with Crippen LogP contribution in [-0.4, -0.2) is 151 Å². The highest BCUT2D eigenvalue weighted by molar-refractivity contribution is 5.99. The molecule has 442 valence electrons. The molecule has 0 unspecified atom stereocenters. The first-order valence-corrected chi connectivity index (χ1v) is 26.1. The molecule has 0 fully saturated rings. The van der Waals surface area contributed by atoms with Crippen LogP contribution in [0, 0.1) is 17.8 Å². The molecule has 2 rings (SSSR count). The molecule has 0 saturated heterocycles. The second-order valence-corrected chi connectivity index (χ2v) is 20.4. The predicted octanol–water partition coefficient (Wildman–Crippen LogP) is -1.06. The van der Waals surface area contributed by atoms with Crippen LogP contribution in [0.25, 0.3) is 0 Å². The van der Waals surface area contributed by atoms with E-state index in [9.17, 15) is 83.1 Å². The van der Waals surface area contributed by atoms with Crippen LogP contribution in [0.15, 0.2) is 48.5 Å². The van der Waals surface area contributed by atoms with E-state index in [0.29, 0.717) is 11.1 Å². The number of carbonyl (C=O) groups is 12. The molecule has 27 heteroatoms. The fraction of sp³-hybridized carbons (Fsp3) is 0.547. The zero-order valence-corrected chi connectivity index (χ0v) is 45.9. The van der Waals surface area contributed by atoms with Crippen molar-refractivity contribution in [2.24, 2.45) is 29.2 Å². The highest BCUT2D eigenvalue weighted by Crippen LogP contribution is 2.16. The van der Waals surface area contributed by atoms with Crippen molar-refractivity contribution in [2.45, 2.75) is 167 Å². The Labute approximate surface area is 462 Å². The maximum absolute atomic E-state index is 14.3. The molecular formula is C53H78N10O17. The summed E-state index contributed by atoms with van der Waals surface area (Å²) in [4.78, 5) is 158. The molecule has 0 saturated carbocycles. The molecule has 0 aromatic heterocycles. The average Bonchev–Trinajstić information content (AvgIpc) is 3.37. The Morgan fingerprint density at radius 2 is 0.850 bits per heavy atom. The predicted molar refractivity (Wildman–Crippen MR) is 286 cm³/mol. The molecule has 0 aliphatic carbocycles. The molecule has 17 N–H and O–H groups in total. The van der Waals surface area contributed by atoms with Crippen molar-refractivity contribution in [1.29, 1.82) is 0 Å². The summed E-state index contributed by atoms with van der Waals surface area (Å²) in [5.41, 5.74) is 12.5. The third kappa shape index (κ3) is 24.5. The van der Waals surface area contributed by atoms with Gasteiger partial charge in [-0.05, 0) is 92.2 Å². The number of phenolic OH excluding ortho intramolecular Hbond substituents is 2.